The van der Waals surface area contributed by atoms with Crippen molar-refractivity contribution in [3.63, 3.8) is 0 Å². The van der Waals surface area contributed by atoms with Crippen molar-refractivity contribution in [1.82, 2.24) is 5.32 Å². The number of para-hydroxylation sites is 1. The SMILES string of the molecule is CC(C)Nc1ccccc1C(=O)NC1CCSC1. The van der Waals surface area contributed by atoms with Gasteiger partial charge in [0.15, 0.2) is 0 Å². The summed E-state index contributed by atoms with van der Waals surface area (Å²) in [4.78, 5) is 12.2. The highest BCUT2D eigenvalue weighted by Gasteiger charge is 2.19. The summed E-state index contributed by atoms with van der Waals surface area (Å²) in [6, 6.07) is 8.34. The largest absolute Gasteiger partial charge is 0.382 e. The van der Waals surface area contributed by atoms with E-state index in [2.05, 4.69) is 24.5 Å². The average Bonchev–Trinajstić information content (AvgIpc) is 2.81. The molecule has 2 rings (SSSR count). The third kappa shape index (κ3) is 3.42. The smallest absolute Gasteiger partial charge is 0.253 e. The second kappa shape index (κ2) is 6.14. The van der Waals surface area contributed by atoms with Crippen molar-refractivity contribution in [3.8, 4) is 0 Å². The molecule has 18 heavy (non-hydrogen) atoms. The predicted molar refractivity (Wildman–Crippen MR) is 78.4 cm³/mol. The van der Waals surface area contributed by atoms with Crippen LogP contribution in [0.3, 0.4) is 0 Å². The molecular weight excluding hydrogens is 244 g/mol. The Kier molecular flexibility index (Phi) is 4.53. The molecule has 0 bridgehead atoms. The Labute approximate surface area is 113 Å². The predicted octanol–water partition coefficient (Wildman–Crippen LogP) is 2.74. The average molecular weight is 264 g/mol. The molecule has 0 saturated carbocycles. The van der Waals surface area contributed by atoms with Crippen LogP contribution >= 0.6 is 11.8 Å². The van der Waals surface area contributed by atoms with Crippen molar-refractivity contribution in [2.45, 2.75) is 32.4 Å². The number of hydrogen-bond acceptors (Lipinski definition) is 3. The zero-order chi connectivity index (χ0) is 13.0. The highest BCUT2D eigenvalue weighted by atomic mass is 32.2. The Bertz CT molecular complexity index is 414. The molecule has 1 aliphatic heterocycles. The molecule has 1 aromatic carbocycles. The van der Waals surface area contributed by atoms with Crippen molar-refractivity contribution in [3.05, 3.63) is 29.8 Å². The lowest BCUT2D eigenvalue weighted by atomic mass is 10.1. The first-order chi connectivity index (χ1) is 8.66. The van der Waals surface area contributed by atoms with Crippen LogP contribution in [0.5, 0.6) is 0 Å². The zero-order valence-corrected chi connectivity index (χ0v) is 11.7. The fourth-order valence-electron chi connectivity index (χ4n) is 2.03. The van der Waals surface area contributed by atoms with E-state index in [-0.39, 0.29) is 5.91 Å². The fourth-order valence-corrected chi connectivity index (χ4v) is 3.18. The molecule has 1 atom stereocenters. The maximum Gasteiger partial charge on any atom is 0.253 e. The van der Waals surface area contributed by atoms with E-state index in [0.29, 0.717) is 12.1 Å². The van der Waals surface area contributed by atoms with Gasteiger partial charge in [-0.3, -0.25) is 4.79 Å². The molecule has 1 saturated heterocycles. The van der Waals surface area contributed by atoms with Crippen LogP contribution < -0.4 is 10.6 Å². The maximum absolute atomic E-state index is 12.2. The van der Waals surface area contributed by atoms with E-state index in [9.17, 15) is 4.79 Å². The van der Waals surface area contributed by atoms with E-state index in [1.54, 1.807) is 0 Å². The summed E-state index contributed by atoms with van der Waals surface area (Å²) in [6.07, 6.45) is 1.08. The molecule has 0 aliphatic carbocycles. The number of amides is 1. The van der Waals surface area contributed by atoms with Crippen molar-refractivity contribution in [2.24, 2.45) is 0 Å². The lowest BCUT2D eigenvalue weighted by Gasteiger charge is -2.16. The first-order valence-corrected chi connectivity index (χ1v) is 7.56. The second-order valence-corrected chi connectivity index (χ2v) is 6.03. The van der Waals surface area contributed by atoms with Crippen molar-refractivity contribution >= 4 is 23.4 Å². The molecular formula is C14H20N2OS. The first-order valence-electron chi connectivity index (χ1n) is 6.41. The van der Waals surface area contributed by atoms with Crippen molar-refractivity contribution in [1.29, 1.82) is 0 Å². The molecule has 3 nitrogen and oxygen atoms in total. The molecule has 0 spiro atoms. The van der Waals surface area contributed by atoms with Gasteiger partial charge in [-0.05, 0) is 38.2 Å². The number of carbonyl (C=O) groups is 1. The van der Waals surface area contributed by atoms with Gasteiger partial charge < -0.3 is 10.6 Å². The normalized spacial score (nSPS) is 18.9. The van der Waals surface area contributed by atoms with Crippen LogP contribution in [-0.4, -0.2) is 29.5 Å². The van der Waals surface area contributed by atoms with Crippen LogP contribution in [0.1, 0.15) is 30.6 Å². The van der Waals surface area contributed by atoms with Gasteiger partial charge in [-0.25, -0.2) is 0 Å². The molecule has 1 amide bonds. The van der Waals surface area contributed by atoms with Gasteiger partial charge in [0.1, 0.15) is 0 Å². The molecule has 4 heteroatoms. The van der Waals surface area contributed by atoms with Gasteiger partial charge in [-0.15, -0.1) is 0 Å². The summed E-state index contributed by atoms with van der Waals surface area (Å²) in [5.74, 6) is 2.22. The lowest BCUT2D eigenvalue weighted by molar-refractivity contribution is 0.0942. The molecule has 0 aromatic heterocycles. The van der Waals surface area contributed by atoms with Crippen LogP contribution in [0.4, 0.5) is 5.69 Å². The maximum atomic E-state index is 12.2. The summed E-state index contributed by atoms with van der Waals surface area (Å²) >= 11 is 1.90. The Balaban J connectivity index is 2.08. The van der Waals surface area contributed by atoms with Crippen LogP contribution in [0.25, 0.3) is 0 Å². The van der Waals surface area contributed by atoms with Crippen LogP contribution in [0.2, 0.25) is 0 Å². The van der Waals surface area contributed by atoms with Gasteiger partial charge in [0.25, 0.3) is 5.91 Å². The van der Waals surface area contributed by atoms with Gasteiger partial charge in [-0.2, -0.15) is 11.8 Å². The van der Waals surface area contributed by atoms with Crippen molar-refractivity contribution < 1.29 is 4.79 Å². The summed E-state index contributed by atoms with van der Waals surface area (Å²) in [7, 11) is 0. The van der Waals surface area contributed by atoms with Gasteiger partial charge in [0.2, 0.25) is 0 Å². The number of anilines is 1. The van der Waals surface area contributed by atoms with E-state index in [1.165, 1.54) is 0 Å². The number of carbonyl (C=O) groups excluding carboxylic acids is 1. The third-order valence-corrected chi connectivity index (χ3v) is 4.04. The Morgan fingerprint density at radius 2 is 2.17 bits per heavy atom. The molecule has 1 aliphatic rings. The minimum atomic E-state index is 0.0336. The minimum absolute atomic E-state index is 0.0336. The standard InChI is InChI=1S/C14H20N2OS/c1-10(2)15-13-6-4-3-5-12(13)14(17)16-11-7-8-18-9-11/h3-6,10-11,15H,7-9H2,1-2H3,(H,16,17). The number of rotatable bonds is 4. The Hall–Kier alpha value is -1.16. The van der Waals surface area contributed by atoms with E-state index in [0.717, 1.165) is 29.2 Å². The van der Waals surface area contributed by atoms with E-state index in [1.807, 2.05) is 36.0 Å². The van der Waals surface area contributed by atoms with Crippen LogP contribution in [0.15, 0.2) is 24.3 Å². The van der Waals surface area contributed by atoms with Gasteiger partial charge in [-0.1, -0.05) is 12.1 Å². The summed E-state index contributed by atoms with van der Waals surface area (Å²) < 4.78 is 0. The molecule has 1 unspecified atom stereocenters. The van der Waals surface area contributed by atoms with Crippen LogP contribution in [-0.2, 0) is 0 Å². The number of benzene rings is 1. The summed E-state index contributed by atoms with van der Waals surface area (Å²) in [5.41, 5.74) is 1.65. The number of nitrogens with one attached hydrogen (secondary N) is 2. The molecule has 0 radical (unpaired) electrons. The van der Waals surface area contributed by atoms with Crippen LogP contribution in [0, 0.1) is 0 Å². The van der Waals surface area contributed by atoms with Gasteiger partial charge >= 0.3 is 0 Å². The molecule has 1 aromatic rings. The number of thioether (sulfide) groups is 1. The zero-order valence-electron chi connectivity index (χ0n) is 10.9. The molecule has 98 valence electrons. The summed E-state index contributed by atoms with van der Waals surface area (Å²) in [6.45, 7) is 4.14. The second-order valence-electron chi connectivity index (χ2n) is 4.88. The monoisotopic (exact) mass is 264 g/mol. The Morgan fingerprint density at radius 3 is 2.83 bits per heavy atom. The minimum Gasteiger partial charge on any atom is -0.382 e. The Morgan fingerprint density at radius 1 is 1.39 bits per heavy atom. The fraction of sp³-hybridized carbons (Fsp3) is 0.500. The van der Waals surface area contributed by atoms with Crippen molar-refractivity contribution in [2.75, 3.05) is 16.8 Å². The van der Waals surface area contributed by atoms with E-state index >= 15 is 0 Å². The lowest BCUT2D eigenvalue weighted by Crippen LogP contribution is -2.35. The molecule has 2 N–H and O–H groups in total. The molecule has 1 heterocycles. The van der Waals surface area contributed by atoms with E-state index in [4.69, 9.17) is 0 Å². The highest BCUT2D eigenvalue weighted by molar-refractivity contribution is 7.99. The number of hydrogen-bond donors (Lipinski definition) is 2. The highest BCUT2D eigenvalue weighted by Crippen LogP contribution is 2.20. The van der Waals surface area contributed by atoms with E-state index < -0.39 is 0 Å². The quantitative estimate of drug-likeness (QED) is 0.878. The van der Waals surface area contributed by atoms with Gasteiger partial charge in [0, 0.05) is 23.5 Å². The third-order valence-electron chi connectivity index (χ3n) is 2.88. The topological polar surface area (TPSA) is 41.1 Å². The first kappa shape index (κ1) is 13.3. The molecule has 1 fully saturated rings. The summed E-state index contributed by atoms with van der Waals surface area (Å²) in [5, 5.41) is 6.42. The van der Waals surface area contributed by atoms with Gasteiger partial charge in [0.05, 0.1) is 5.56 Å².